The third-order valence-electron chi connectivity index (χ3n) is 4.98. The van der Waals surface area contributed by atoms with E-state index in [4.69, 9.17) is 9.26 Å². The zero-order chi connectivity index (χ0) is 23.1. The third-order valence-corrected chi connectivity index (χ3v) is 4.98. The zero-order valence-corrected chi connectivity index (χ0v) is 18.0. The molecule has 32 heavy (non-hydrogen) atoms. The molecule has 0 spiro atoms. The normalized spacial score (nSPS) is 13.7. The fourth-order valence-corrected chi connectivity index (χ4v) is 3.42. The van der Waals surface area contributed by atoms with Crippen LogP contribution < -0.4 is 10.9 Å². The summed E-state index contributed by atoms with van der Waals surface area (Å²) in [6.07, 6.45) is 0.248. The van der Waals surface area contributed by atoms with Gasteiger partial charge in [-0.1, -0.05) is 54.6 Å². The number of amides is 1. The van der Waals surface area contributed by atoms with Gasteiger partial charge >= 0.3 is 5.97 Å². The lowest BCUT2D eigenvalue weighted by Crippen LogP contribution is -2.46. The Bertz CT molecular complexity index is 1100. The van der Waals surface area contributed by atoms with Crippen LogP contribution in [0.4, 0.5) is 0 Å². The van der Waals surface area contributed by atoms with Crippen molar-refractivity contribution in [3.8, 4) is 11.1 Å². The summed E-state index contributed by atoms with van der Waals surface area (Å²) >= 11 is 0. The molecule has 0 saturated heterocycles. The number of aliphatic hydroxyl groups is 1. The van der Waals surface area contributed by atoms with Crippen LogP contribution in [0.5, 0.6) is 0 Å². The van der Waals surface area contributed by atoms with E-state index >= 15 is 0 Å². The fraction of sp³-hybridized carbons (Fsp3) is 0.292. The van der Waals surface area contributed by atoms with E-state index in [0.29, 0.717) is 6.42 Å². The molecule has 8 heteroatoms. The molecule has 0 aliphatic heterocycles. The van der Waals surface area contributed by atoms with Gasteiger partial charge in [-0.15, -0.1) is 0 Å². The third kappa shape index (κ3) is 5.95. The topological polar surface area (TPSA) is 122 Å². The lowest BCUT2D eigenvalue weighted by atomic mass is 9.92. The minimum atomic E-state index is -1.81. The van der Waals surface area contributed by atoms with Crippen molar-refractivity contribution in [1.82, 2.24) is 10.5 Å². The van der Waals surface area contributed by atoms with Crippen molar-refractivity contribution in [2.24, 2.45) is 0 Å². The summed E-state index contributed by atoms with van der Waals surface area (Å²) in [6.45, 7) is 3.12. The number of ether oxygens (including phenoxy) is 1. The van der Waals surface area contributed by atoms with Gasteiger partial charge < -0.3 is 19.7 Å². The predicted octanol–water partition coefficient (Wildman–Crippen LogP) is 2.68. The summed E-state index contributed by atoms with van der Waals surface area (Å²) in [6, 6.07) is 18.1. The maximum absolute atomic E-state index is 12.5. The number of carbonyl (C=O) groups is 2. The number of hydrogen-bond donors (Lipinski definition) is 3. The Kier molecular flexibility index (Phi) is 7.27. The molecule has 3 N–H and O–H groups in total. The SMILES string of the molecule is CCOC(=O)[C@](C)(O)CC(Cc1ccc(-c2ccccc2)cc1)NC(=O)c1cc(=O)[nH]o1. The first-order valence-corrected chi connectivity index (χ1v) is 10.3. The Labute approximate surface area is 185 Å². The summed E-state index contributed by atoms with van der Waals surface area (Å²) in [5.74, 6) is -1.59. The predicted molar refractivity (Wildman–Crippen MR) is 118 cm³/mol. The molecule has 1 heterocycles. The van der Waals surface area contributed by atoms with Crippen LogP contribution in [-0.4, -0.2) is 40.4 Å². The van der Waals surface area contributed by atoms with Gasteiger partial charge in [0.15, 0.2) is 5.60 Å². The minimum absolute atomic E-state index is 0.0906. The number of aromatic nitrogens is 1. The molecule has 0 bridgehead atoms. The van der Waals surface area contributed by atoms with Crippen molar-refractivity contribution >= 4 is 11.9 Å². The van der Waals surface area contributed by atoms with Crippen LogP contribution in [-0.2, 0) is 16.0 Å². The van der Waals surface area contributed by atoms with E-state index in [0.717, 1.165) is 22.8 Å². The first kappa shape index (κ1) is 23.0. The standard InChI is InChI=1S/C24H26N2O6/c1-3-31-23(29)24(2,30)15-19(25-22(28)20-14-21(27)26-32-20)13-16-9-11-18(12-10-16)17-7-5-4-6-8-17/h4-12,14,19,30H,3,13,15H2,1-2H3,(H,25,28)(H,26,27)/t19?,24-/m1/s1. The van der Waals surface area contributed by atoms with Gasteiger partial charge in [-0.25, -0.2) is 4.79 Å². The van der Waals surface area contributed by atoms with Gasteiger partial charge in [0.05, 0.1) is 12.7 Å². The molecular formula is C24H26N2O6. The lowest BCUT2D eigenvalue weighted by Gasteiger charge is -2.27. The van der Waals surface area contributed by atoms with E-state index < -0.39 is 29.1 Å². The van der Waals surface area contributed by atoms with Gasteiger partial charge in [-0.3, -0.25) is 9.59 Å². The summed E-state index contributed by atoms with van der Waals surface area (Å²) in [5, 5.41) is 15.4. The fourth-order valence-electron chi connectivity index (χ4n) is 3.42. The first-order valence-electron chi connectivity index (χ1n) is 10.3. The van der Waals surface area contributed by atoms with Crippen molar-refractivity contribution in [2.75, 3.05) is 6.61 Å². The van der Waals surface area contributed by atoms with Crippen LogP contribution >= 0.6 is 0 Å². The number of rotatable bonds is 9. The average molecular weight is 438 g/mol. The molecule has 3 aromatic rings. The van der Waals surface area contributed by atoms with Crippen molar-refractivity contribution in [2.45, 2.75) is 38.3 Å². The maximum atomic E-state index is 12.5. The molecule has 0 aliphatic rings. The van der Waals surface area contributed by atoms with E-state index in [1.165, 1.54) is 6.92 Å². The smallest absolute Gasteiger partial charge is 0.337 e. The molecule has 2 atom stereocenters. The van der Waals surface area contributed by atoms with Gasteiger partial charge in [0.2, 0.25) is 5.76 Å². The largest absolute Gasteiger partial charge is 0.464 e. The second-order valence-corrected chi connectivity index (χ2v) is 7.71. The van der Waals surface area contributed by atoms with Gasteiger partial charge in [0.25, 0.3) is 11.5 Å². The zero-order valence-electron chi connectivity index (χ0n) is 18.0. The van der Waals surface area contributed by atoms with E-state index in [2.05, 4.69) is 10.5 Å². The summed E-state index contributed by atoms with van der Waals surface area (Å²) < 4.78 is 9.80. The van der Waals surface area contributed by atoms with Crippen molar-refractivity contribution in [3.05, 3.63) is 82.3 Å². The summed E-state index contributed by atoms with van der Waals surface area (Å²) in [4.78, 5) is 36.0. The van der Waals surface area contributed by atoms with Crippen LogP contribution in [0.25, 0.3) is 11.1 Å². The van der Waals surface area contributed by atoms with Crippen molar-refractivity contribution in [3.63, 3.8) is 0 Å². The number of H-pyrrole nitrogens is 1. The molecule has 1 amide bonds. The van der Waals surface area contributed by atoms with Crippen LogP contribution in [0.2, 0.25) is 0 Å². The molecule has 0 saturated carbocycles. The van der Waals surface area contributed by atoms with Crippen LogP contribution in [0, 0.1) is 0 Å². The Hall–Kier alpha value is -3.65. The van der Waals surface area contributed by atoms with Crippen molar-refractivity contribution < 1.29 is 24.0 Å². The van der Waals surface area contributed by atoms with E-state index in [1.807, 2.05) is 54.6 Å². The Morgan fingerprint density at radius 3 is 2.38 bits per heavy atom. The first-order chi connectivity index (χ1) is 15.3. The van der Waals surface area contributed by atoms with E-state index in [9.17, 15) is 19.5 Å². The summed E-state index contributed by atoms with van der Waals surface area (Å²) in [7, 11) is 0. The highest BCUT2D eigenvalue weighted by Gasteiger charge is 2.35. The van der Waals surface area contributed by atoms with Crippen LogP contribution in [0.3, 0.4) is 0 Å². The van der Waals surface area contributed by atoms with Gasteiger partial charge in [0, 0.05) is 12.5 Å². The number of nitrogens with one attached hydrogen (secondary N) is 2. The van der Waals surface area contributed by atoms with Crippen LogP contribution in [0.1, 0.15) is 36.4 Å². The monoisotopic (exact) mass is 438 g/mol. The number of benzene rings is 2. The quantitative estimate of drug-likeness (QED) is 0.442. The molecular weight excluding hydrogens is 412 g/mol. The second kappa shape index (κ2) is 10.1. The molecule has 2 aromatic carbocycles. The molecule has 3 rings (SSSR count). The van der Waals surface area contributed by atoms with Gasteiger partial charge in [-0.2, -0.15) is 5.16 Å². The molecule has 0 aliphatic carbocycles. The van der Waals surface area contributed by atoms with Gasteiger partial charge in [-0.05, 0) is 37.0 Å². The lowest BCUT2D eigenvalue weighted by molar-refractivity contribution is -0.164. The molecule has 0 radical (unpaired) electrons. The molecule has 1 unspecified atom stereocenters. The Balaban J connectivity index is 1.78. The maximum Gasteiger partial charge on any atom is 0.337 e. The summed E-state index contributed by atoms with van der Waals surface area (Å²) in [5.41, 5.74) is 0.669. The molecule has 1 aromatic heterocycles. The molecule has 8 nitrogen and oxygen atoms in total. The number of esters is 1. The van der Waals surface area contributed by atoms with Crippen molar-refractivity contribution in [1.29, 1.82) is 0 Å². The number of hydrogen-bond acceptors (Lipinski definition) is 6. The highest BCUT2D eigenvalue weighted by Crippen LogP contribution is 2.22. The Morgan fingerprint density at radius 2 is 1.78 bits per heavy atom. The number of carbonyl (C=O) groups excluding carboxylic acids is 2. The minimum Gasteiger partial charge on any atom is -0.464 e. The van der Waals surface area contributed by atoms with Crippen LogP contribution in [0.15, 0.2) is 70.0 Å². The highest BCUT2D eigenvalue weighted by atomic mass is 16.5. The molecule has 168 valence electrons. The van der Waals surface area contributed by atoms with E-state index in [1.54, 1.807) is 6.92 Å². The molecule has 0 fully saturated rings. The van der Waals surface area contributed by atoms with Gasteiger partial charge in [0.1, 0.15) is 0 Å². The second-order valence-electron chi connectivity index (χ2n) is 7.71. The Morgan fingerprint density at radius 1 is 1.12 bits per heavy atom. The van der Waals surface area contributed by atoms with E-state index in [-0.39, 0.29) is 18.8 Å². The number of aromatic amines is 1. The average Bonchev–Trinajstić information content (AvgIpc) is 3.21. The highest BCUT2D eigenvalue weighted by molar-refractivity contribution is 5.91.